The van der Waals surface area contributed by atoms with Gasteiger partial charge in [0, 0.05) is 35.1 Å². The van der Waals surface area contributed by atoms with Crippen molar-refractivity contribution in [3.63, 3.8) is 0 Å². The number of imidazole rings is 1. The minimum Gasteiger partial charge on any atom is -0.397 e. The van der Waals surface area contributed by atoms with Crippen LogP contribution in [0.5, 0.6) is 0 Å². The van der Waals surface area contributed by atoms with E-state index in [-0.39, 0.29) is 5.82 Å². The molecule has 8 heteroatoms. The number of H-pyrrole nitrogens is 2. The second-order valence-electron chi connectivity index (χ2n) is 7.49. The zero-order valence-corrected chi connectivity index (χ0v) is 16.7. The molecule has 4 N–H and O–H groups in total. The number of hydrogen-bond donors (Lipinski definition) is 3. The molecule has 6 aromatic rings. The fraction of sp³-hybridized carbons (Fsp3) is 0. The van der Waals surface area contributed by atoms with Crippen LogP contribution in [-0.4, -0.2) is 30.1 Å². The predicted molar refractivity (Wildman–Crippen MR) is 122 cm³/mol. The van der Waals surface area contributed by atoms with Crippen LogP contribution in [0.2, 0.25) is 0 Å². The van der Waals surface area contributed by atoms with Gasteiger partial charge >= 0.3 is 0 Å². The molecule has 2 aromatic carbocycles. The molecule has 0 bridgehead atoms. The fourth-order valence-electron chi connectivity index (χ4n) is 3.88. The summed E-state index contributed by atoms with van der Waals surface area (Å²) in [6.07, 6.45) is 5.07. The summed E-state index contributed by atoms with van der Waals surface area (Å²) in [4.78, 5) is 16.7. The summed E-state index contributed by atoms with van der Waals surface area (Å²) in [5.74, 6) is 0.277. The maximum Gasteiger partial charge on any atom is 0.159 e. The Hall–Kier alpha value is -4.59. The first-order valence-electron chi connectivity index (χ1n) is 9.96. The van der Waals surface area contributed by atoms with Crippen molar-refractivity contribution in [3.8, 4) is 33.9 Å². The molecule has 0 saturated carbocycles. The molecule has 6 rings (SSSR count). The highest BCUT2D eigenvalue weighted by Gasteiger charge is 2.16. The normalized spacial score (nSPS) is 11.4. The van der Waals surface area contributed by atoms with E-state index >= 15 is 0 Å². The van der Waals surface area contributed by atoms with Gasteiger partial charge in [0.25, 0.3) is 0 Å². The molecular weight excluding hydrogens is 405 g/mol. The van der Waals surface area contributed by atoms with Gasteiger partial charge < -0.3 is 10.7 Å². The van der Waals surface area contributed by atoms with Gasteiger partial charge in [-0.15, -0.1) is 0 Å². The maximum absolute atomic E-state index is 13.8. The molecule has 0 aliphatic carbocycles. The molecule has 0 unspecified atom stereocenters. The van der Waals surface area contributed by atoms with Gasteiger partial charge in [0.15, 0.2) is 5.82 Å². The maximum atomic E-state index is 13.8. The molecule has 0 saturated heterocycles. The van der Waals surface area contributed by atoms with E-state index in [1.165, 1.54) is 12.1 Å². The number of aromatic nitrogens is 6. The molecule has 0 amide bonds. The van der Waals surface area contributed by atoms with Gasteiger partial charge in [0.1, 0.15) is 17.0 Å². The number of rotatable bonds is 3. The standard InChI is InChI=1S/C24H16FN7/c25-16-3-1-2-14(8-16)21-23-20(6-7-28-21)29-24(30-23)22-18-10-13(4-5-19(18)31-32-22)15-9-17(26)12-27-11-15/h1-12H,26H2,(H,29,30)(H,31,32). The van der Waals surface area contributed by atoms with Crippen LogP contribution in [-0.2, 0) is 0 Å². The zero-order chi connectivity index (χ0) is 21.7. The zero-order valence-electron chi connectivity index (χ0n) is 16.7. The Morgan fingerprint density at radius 3 is 2.66 bits per heavy atom. The summed E-state index contributed by atoms with van der Waals surface area (Å²) in [5.41, 5.74) is 12.7. The lowest BCUT2D eigenvalue weighted by Gasteiger charge is -2.03. The molecule has 0 atom stereocenters. The van der Waals surface area contributed by atoms with Crippen LogP contribution in [0.25, 0.3) is 55.8 Å². The second-order valence-corrected chi connectivity index (χ2v) is 7.49. The van der Waals surface area contributed by atoms with Crippen molar-refractivity contribution in [2.75, 3.05) is 5.73 Å². The average Bonchev–Trinajstić information content (AvgIpc) is 3.42. The Kier molecular flexibility index (Phi) is 3.97. The van der Waals surface area contributed by atoms with Gasteiger partial charge in [0.05, 0.1) is 22.4 Å². The summed E-state index contributed by atoms with van der Waals surface area (Å²) in [7, 11) is 0. The molecule has 0 aliphatic rings. The Bertz CT molecular complexity index is 1620. The van der Waals surface area contributed by atoms with Crippen LogP contribution in [0, 0.1) is 5.82 Å². The number of nitrogens with zero attached hydrogens (tertiary/aromatic N) is 4. The summed E-state index contributed by atoms with van der Waals surface area (Å²) >= 11 is 0. The van der Waals surface area contributed by atoms with Crippen LogP contribution in [0.3, 0.4) is 0 Å². The number of pyridine rings is 2. The Labute approximate surface area is 181 Å². The van der Waals surface area contributed by atoms with Gasteiger partial charge in [-0.3, -0.25) is 15.1 Å². The quantitative estimate of drug-likeness (QED) is 0.374. The molecule has 0 fully saturated rings. The Morgan fingerprint density at radius 2 is 1.78 bits per heavy atom. The van der Waals surface area contributed by atoms with E-state index in [0.717, 1.165) is 27.5 Å². The first-order chi connectivity index (χ1) is 15.7. The molecule has 154 valence electrons. The van der Waals surface area contributed by atoms with Gasteiger partial charge in [-0.1, -0.05) is 18.2 Å². The third-order valence-electron chi connectivity index (χ3n) is 5.38. The Balaban J connectivity index is 1.51. The van der Waals surface area contributed by atoms with Gasteiger partial charge in [0.2, 0.25) is 0 Å². The largest absolute Gasteiger partial charge is 0.397 e. The first kappa shape index (κ1) is 18.2. The molecule has 0 aliphatic heterocycles. The minimum absolute atomic E-state index is 0.320. The number of fused-ring (bicyclic) bond motifs is 2. The Morgan fingerprint density at radius 1 is 0.844 bits per heavy atom. The summed E-state index contributed by atoms with van der Waals surface area (Å²) in [6.45, 7) is 0. The lowest BCUT2D eigenvalue weighted by molar-refractivity contribution is 0.628. The smallest absolute Gasteiger partial charge is 0.159 e. The highest BCUT2D eigenvalue weighted by atomic mass is 19.1. The molecule has 4 heterocycles. The topological polar surface area (TPSA) is 109 Å². The van der Waals surface area contributed by atoms with Crippen molar-refractivity contribution < 1.29 is 4.39 Å². The van der Waals surface area contributed by atoms with Crippen molar-refractivity contribution in [1.29, 1.82) is 0 Å². The van der Waals surface area contributed by atoms with Crippen LogP contribution in [0.4, 0.5) is 10.1 Å². The number of nitrogen functional groups attached to an aromatic ring is 1. The van der Waals surface area contributed by atoms with E-state index < -0.39 is 0 Å². The number of nitrogens with two attached hydrogens (primary N) is 1. The number of benzene rings is 2. The summed E-state index contributed by atoms with van der Waals surface area (Å²) in [5, 5.41) is 8.46. The SMILES string of the molecule is Nc1cncc(-c2ccc3[nH]nc(-c4nc5c(-c6cccc(F)c6)nccc5[nH]4)c3c2)c1. The molecule has 4 aromatic heterocycles. The lowest BCUT2D eigenvalue weighted by atomic mass is 10.0. The monoisotopic (exact) mass is 421 g/mol. The number of aromatic amines is 2. The molecular formula is C24H16FN7. The fourth-order valence-corrected chi connectivity index (χ4v) is 3.88. The molecule has 7 nitrogen and oxygen atoms in total. The third-order valence-corrected chi connectivity index (χ3v) is 5.38. The number of nitrogens with one attached hydrogen (secondary N) is 2. The molecule has 0 spiro atoms. The number of hydrogen-bond acceptors (Lipinski definition) is 5. The van der Waals surface area contributed by atoms with Crippen molar-refractivity contribution >= 4 is 27.6 Å². The van der Waals surface area contributed by atoms with E-state index in [2.05, 4.69) is 25.1 Å². The highest BCUT2D eigenvalue weighted by molar-refractivity contribution is 5.97. The minimum atomic E-state index is -0.320. The van der Waals surface area contributed by atoms with E-state index in [1.807, 2.05) is 36.4 Å². The van der Waals surface area contributed by atoms with Crippen molar-refractivity contribution in [2.45, 2.75) is 0 Å². The molecule has 0 radical (unpaired) electrons. The van der Waals surface area contributed by atoms with Crippen molar-refractivity contribution in [2.24, 2.45) is 0 Å². The molecule has 32 heavy (non-hydrogen) atoms. The second kappa shape index (κ2) is 6.98. The van der Waals surface area contributed by atoms with Crippen LogP contribution in [0.1, 0.15) is 0 Å². The van der Waals surface area contributed by atoms with Gasteiger partial charge in [-0.2, -0.15) is 5.10 Å². The van der Waals surface area contributed by atoms with E-state index in [9.17, 15) is 4.39 Å². The van der Waals surface area contributed by atoms with Gasteiger partial charge in [-0.05, 0) is 42.0 Å². The van der Waals surface area contributed by atoms with E-state index in [0.29, 0.717) is 34.0 Å². The highest BCUT2D eigenvalue weighted by Crippen LogP contribution is 2.32. The summed E-state index contributed by atoms with van der Waals surface area (Å²) < 4.78 is 13.8. The first-order valence-corrected chi connectivity index (χ1v) is 9.96. The van der Waals surface area contributed by atoms with Crippen LogP contribution >= 0.6 is 0 Å². The van der Waals surface area contributed by atoms with E-state index in [1.54, 1.807) is 24.7 Å². The number of anilines is 1. The number of halogens is 1. The average molecular weight is 421 g/mol. The lowest BCUT2D eigenvalue weighted by Crippen LogP contribution is -1.88. The van der Waals surface area contributed by atoms with Crippen LogP contribution in [0.15, 0.2) is 73.2 Å². The van der Waals surface area contributed by atoms with Crippen LogP contribution < -0.4 is 5.73 Å². The van der Waals surface area contributed by atoms with E-state index in [4.69, 9.17) is 10.7 Å². The summed E-state index contributed by atoms with van der Waals surface area (Å²) in [6, 6.07) is 16.0. The van der Waals surface area contributed by atoms with Gasteiger partial charge in [-0.25, -0.2) is 9.37 Å². The van der Waals surface area contributed by atoms with Crippen molar-refractivity contribution in [1.82, 2.24) is 30.1 Å². The third kappa shape index (κ3) is 2.97. The van der Waals surface area contributed by atoms with Crippen molar-refractivity contribution in [3.05, 3.63) is 79.0 Å². The predicted octanol–water partition coefficient (Wildman–Crippen LogP) is 4.95.